The van der Waals surface area contributed by atoms with E-state index in [0.29, 0.717) is 12.0 Å². The van der Waals surface area contributed by atoms with Crippen molar-refractivity contribution < 1.29 is 9.59 Å². The molecule has 1 rings (SSSR count). The van der Waals surface area contributed by atoms with Crippen LogP contribution in [0.25, 0.3) is 0 Å². The van der Waals surface area contributed by atoms with Crippen molar-refractivity contribution in [2.45, 2.75) is 33.2 Å². The minimum absolute atomic E-state index is 0.269. The van der Waals surface area contributed by atoms with Gasteiger partial charge in [0, 0.05) is 5.56 Å². The zero-order valence-electron chi connectivity index (χ0n) is 10.9. The average Bonchev–Trinajstić information content (AvgIpc) is 2.28. The molecule has 0 saturated heterocycles. The highest BCUT2D eigenvalue weighted by atomic mass is 35.5. The van der Waals surface area contributed by atoms with E-state index >= 15 is 0 Å². The molecule has 4 heteroatoms. The molecule has 98 valence electrons. The van der Waals surface area contributed by atoms with Gasteiger partial charge in [0.05, 0.1) is 0 Å². The Morgan fingerprint density at radius 2 is 1.78 bits per heavy atom. The third kappa shape index (κ3) is 4.49. The van der Waals surface area contributed by atoms with E-state index in [2.05, 4.69) is 5.32 Å². The van der Waals surface area contributed by atoms with Crippen LogP contribution in [0.2, 0.25) is 0 Å². The number of carbonyl (C=O) groups excluding carboxylic acids is 2. The van der Waals surface area contributed by atoms with Crippen LogP contribution in [0.4, 0.5) is 0 Å². The summed E-state index contributed by atoms with van der Waals surface area (Å²) in [6.45, 7) is 5.90. The first-order valence-electron chi connectivity index (χ1n) is 5.97. The third-order valence-corrected chi connectivity index (χ3v) is 2.86. The second-order valence-electron chi connectivity index (χ2n) is 4.83. The fourth-order valence-electron chi connectivity index (χ4n) is 1.63. The second-order valence-corrected chi connectivity index (χ2v) is 5.20. The monoisotopic (exact) mass is 267 g/mol. The van der Waals surface area contributed by atoms with Gasteiger partial charge >= 0.3 is 0 Å². The molecule has 0 spiro atoms. The molecule has 0 aliphatic carbocycles. The van der Waals surface area contributed by atoms with Crippen molar-refractivity contribution in [3.05, 3.63) is 35.4 Å². The highest BCUT2D eigenvalue weighted by Crippen LogP contribution is 2.09. The molecule has 0 saturated carbocycles. The molecule has 0 aromatic heterocycles. The zero-order valence-corrected chi connectivity index (χ0v) is 11.6. The molecular weight excluding hydrogens is 250 g/mol. The van der Waals surface area contributed by atoms with Crippen LogP contribution < -0.4 is 5.32 Å². The minimum Gasteiger partial charge on any atom is -0.341 e. The van der Waals surface area contributed by atoms with Gasteiger partial charge in [-0.1, -0.05) is 31.5 Å². The van der Waals surface area contributed by atoms with Crippen molar-refractivity contribution in [3.8, 4) is 0 Å². The van der Waals surface area contributed by atoms with Crippen LogP contribution in [0, 0.1) is 12.8 Å². The Hall–Kier alpha value is -1.35. The number of hydrogen-bond acceptors (Lipinski definition) is 2. The Morgan fingerprint density at radius 1 is 1.22 bits per heavy atom. The van der Waals surface area contributed by atoms with E-state index in [1.807, 2.05) is 32.9 Å². The molecule has 1 N–H and O–H groups in total. The molecule has 18 heavy (non-hydrogen) atoms. The van der Waals surface area contributed by atoms with E-state index in [0.717, 1.165) is 5.56 Å². The van der Waals surface area contributed by atoms with Crippen LogP contribution in [0.3, 0.4) is 0 Å². The lowest BCUT2D eigenvalue weighted by Gasteiger charge is -2.16. The van der Waals surface area contributed by atoms with Crippen molar-refractivity contribution in [2.24, 2.45) is 5.92 Å². The van der Waals surface area contributed by atoms with Crippen LogP contribution in [0.5, 0.6) is 0 Å². The summed E-state index contributed by atoms with van der Waals surface area (Å²) in [4.78, 5) is 23.2. The molecule has 0 radical (unpaired) electrons. The first kappa shape index (κ1) is 14.7. The number of benzene rings is 1. The van der Waals surface area contributed by atoms with Crippen LogP contribution in [0.1, 0.15) is 36.2 Å². The van der Waals surface area contributed by atoms with E-state index in [9.17, 15) is 9.59 Å². The Morgan fingerprint density at radius 3 is 2.22 bits per heavy atom. The zero-order chi connectivity index (χ0) is 13.7. The van der Waals surface area contributed by atoms with E-state index in [4.69, 9.17) is 11.6 Å². The topological polar surface area (TPSA) is 46.2 Å². The summed E-state index contributed by atoms with van der Waals surface area (Å²) in [6.07, 6.45) is 0.542. The summed E-state index contributed by atoms with van der Waals surface area (Å²) in [7, 11) is 0. The third-order valence-electron chi connectivity index (χ3n) is 2.60. The van der Waals surface area contributed by atoms with Crippen molar-refractivity contribution in [1.82, 2.24) is 5.32 Å². The molecule has 1 unspecified atom stereocenters. The van der Waals surface area contributed by atoms with Gasteiger partial charge in [-0.25, -0.2) is 0 Å². The summed E-state index contributed by atoms with van der Waals surface area (Å²) in [5, 5.41) is 2.14. The lowest BCUT2D eigenvalue weighted by atomic mass is 10.0. The number of carbonyl (C=O) groups is 2. The lowest BCUT2D eigenvalue weighted by molar-refractivity contribution is -0.113. The van der Waals surface area contributed by atoms with Crippen LogP contribution >= 0.6 is 11.6 Å². The summed E-state index contributed by atoms with van der Waals surface area (Å²) in [5.74, 6) is 0.0191. The van der Waals surface area contributed by atoms with Crippen LogP contribution in [0.15, 0.2) is 24.3 Å². The summed E-state index contributed by atoms with van der Waals surface area (Å²) in [5.41, 5.74) is 1.62. The number of rotatable bonds is 5. The fourth-order valence-corrected chi connectivity index (χ4v) is 1.77. The number of aryl methyl sites for hydroxylation is 1. The number of halogens is 1. The molecule has 0 fully saturated rings. The molecular formula is C14H18ClNO2. The van der Waals surface area contributed by atoms with Gasteiger partial charge in [-0.3, -0.25) is 9.59 Å². The molecule has 0 bridgehead atoms. The highest BCUT2D eigenvalue weighted by molar-refractivity contribution is 6.64. The predicted octanol–water partition coefficient (Wildman–Crippen LogP) is 2.90. The summed E-state index contributed by atoms with van der Waals surface area (Å²) >= 11 is 5.49. The molecule has 3 nitrogen and oxygen atoms in total. The van der Waals surface area contributed by atoms with E-state index < -0.39 is 11.3 Å². The molecule has 1 amide bonds. The predicted molar refractivity (Wildman–Crippen MR) is 72.7 cm³/mol. The maximum Gasteiger partial charge on any atom is 0.251 e. The summed E-state index contributed by atoms with van der Waals surface area (Å²) in [6, 6.07) is 6.55. The fraction of sp³-hybridized carbons (Fsp3) is 0.429. The standard InChI is InChI=1S/C14H18ClNO2/c1-9(2)8-12(13(15)17)16-14(18)11-6-4-10(3)5-7-11/h4-7,9,12H,8H2,1-3H3,(H,16,18). The van der Waals surface area contributed by atoms with Gasteiger partial charge in [0.25, 0.3) is 5.91 Å². The number of amides is 1. The minimum atomic E-state index is -0.625. The maximum atomic E-state index is 11.9. The van der Waals surface area contributed by atoms with Crippen LogP contribution in [-0.4, -0.2) is 17.2 Å². The normalized spacial score (nSPS) is 12.3. The van der Waals surface area contributed by atoms with Gasteiger partial charge in [-0.2, -0.15) is 0 Å². The van der Waals surface area contributed by atoms with E-state index in [1.54, 1.807) is 12.1 Å². The SMILES string of the molecule is Cc1ccc(C(=O)NC(CC(C)C)C(=O)Cl)cc1. The van der Waals surface area contributed by atoms with Gasteiger partial charge < -0.3 is 5.32 Å². The van der Waals surface area contributed by atoms with Crippen LogP contribution in [-0.2, 0) is 4.79 Å². The molecule has 0 heterocycles. The number of nitrogens with one attached hydrogen (secondary N) is 1. The summed E-state index contributed by atoms with van der Waals surface area (Å²) < 4.78 is 0. The largest absolute Gasteiger partial charge is 0.341 e. The second kappa shape index (κ2) is 6.55. The van der Waals surface area contributed by atoms with Crippen molar-refractivity contribution in [3.63, 3.8) is 0 Å². The average molecular weight is 268 g/mol. The highest BCUT2D eigenvalue weighted by Gasteiger charge is 2.20. The Balaban J connectivity index is 2.72. The Kier molecular flexibility index (Phi) is 5.35. The molecule has 1 atom stereocenters. The van der Waals surface area contributed by atoms with E-state index in [-0.39, 0.29) is 11.8 Å². The molecule has 0 aliphatic rings. The maximum absolute atomic E-state index is 11.9. The van der Waals surface area contributed by atoms with Crippen molar-refractivity contribution >= 4 is 22.8 Å². The van der Waals surface area contributed by atoms with Gasteiger partial charge in [0.15, 0.2) is 0 Å². The van der Waals surface area contributed by atoms with Gasteiger partial charge in [0.2, 0.25) is 5.24 Å². The van der Waals surface area contributed by atoms with Crippen molar-refractivity contribution in [1.29, 1.82) is 0 Å². The van der Waals surface area contributed by atoms with Crippen molar-refractivity contribution in [2.75, 3.05) is 0 Å². The van der Waals surface area contributed by atoms with E-state index in [1.165, 1.54) is 0 Å². The number of hydrogen-bond donors (Lipinski definition) is 1. The van der Waals surface area contributed by atoms with Gasteiger partial charge in [-0.15, -0.1) is 0 Å². The molecule has 1 aromatic carbocycles. The van der Waals surface area contributed by atoms with Gasteiger partial charge in [-0.05, 0) is 43.0 Å². The quantitative estimate of drug-likeness (QED) is 0.834. The Bertz CT molecular complexity index is 426. The Labute approximate surface area is 113 Å². The first-order chi connectivity index (χ1) is 8.40. The van der Waals surface area contributed by atoms with Gasteiger partial charge in [0.1, 0.15) is 6.04 Å². The lowest BCUT2D eigenvalue weighted by Crippen LogP contribution is -2.39. The molecule has 0 aliphatic heterocycles. The molecule has 1 aromatic rings. The smallest absolute Gasteiger partial charge is 0.251 e. The first-order valence-corrected chi connectivity index (χ1v) is 6.35.